The zero-order chi connectivity index (χ0) is 6.36. The first-order valence-corrected chi connectivity index (χ1v) is 2.79. The number of hydrogen-bond acceptors (Lipinski definition) is 2. The summed E-state index contributed by atoms with van der Waals surface area (Å²) in [6.07, 6.45) is -0.357. The third-order valence-electron chi connectivity index (χ3n) is 1.01. The molecule has 1 aliphatic heterocycles. The molecule has 1 atom stereocenters. The Morgan fingerprint density at radius 1 is 1.75 bits per heavy atom. The fraction of sp³-hybridized carbons (Fsp3) is 0.800. The van der Waals surface area contributed by atoms with E-state index >= 15 is 0 Å². The van der Waals surface area contributed by atoms with Crippen molar-refractivity contribution in [3.8, 4) is 0 Å². The predicted molar refractivity (Wildman–Crippen MR) is 29.8 cm³/mol. The lowest BCUT2D eigenvalue weighted by Gasteiger charge is -2.06. The molecule has 0 N–H and O–H groups in total. The summed E-state index contributed by atoms with van der Waals surface area (Å²) in [6.45, 7) is 3.51. The van der Waals surface area contributed by atoms with Gasteiger partial charge in [-0.1, -0.05) is 0 Å². The minimum atomic E-state index is -0.517. The van der Waals surface area contributed by atoms with Gasteiger partial charge < -0.3 is 4.74 Å². The van der Waals surface area contributed by atoms with E-state index in [-0.39, 0.29) is 12.1 Å². The van der Waals surface area contributed by atoms with Crippen molar-refractivity contribution in [3.05, 3.63) is 0 Å². The molecule has 1 fully saturated rings. The Balaban J connectivity index is 2.51. The fourth-order valence-electron chi connectivity index (χ4n) is 0.503. The van der Waals surface area contributed by atoms with Crippen LogP contribution >= 0.6 is 11.6 Å². The van der Waals surface area contributed by atoms with Crippen molar-refractivity contribution >= 4 is 17.6 Å². The number of carbonyl (C=O) groups excluding carboxylic acids is 1. The van der Waals surface area contributed by atoms with E-state index in [1.165, 1.54) is 0 Å². The first-order chi connectivity index (χ1) is 3.52. The van der Waals surface area contributed by atoms with E-state index < -0.39 is 4.87 Å². The maximum absolute atomic E-state index is 10.2. The van der Waals surface area contributed by atoms with Crippen molar-refractivity contribution < 1.29 is 9.53 Å². The monoisotopic (exact) mass is 134 g/mol. The number of hydrogen-bond donors (Lipinski definition) is 0. The molecule has 46 valence electrons. The maximum atomic E-state index is 10.2. The van der Waals surface area contributed by atoms with Gasteiger partial charge in [0.05, 0.1) is 4.87 Å². The van der Waals surface area contributed by atoms with Gasteiger partial charge in [-0.3, -0.25) is 0 Å². The van der Waals surface area contributed by atoms with Gasteiger partial charge in [-0.2, -0.15) is 0 Å². The molecule has 1 rings (SSSR count). The van der Waals surface area contributed by atoms with E-state index in [4.69, 9.17) is 11.6 Å². The van der Waals surface area contributed by atoms with E-state index in [0.717, 1.165) is 0 Å². The van der Waals surface area contributed by atoms with Crippen LogP contribution in [-0.2, 0) is 9.53 Å². The maximum Gasteiger partial charge on any atom is 0.350 e. The molecule has 0 aromatic heterocycles. The van der Waals surface area contributed by atoms with Crippen molar-refractivity contribution in [1.82, 2.24) is 0 Å². The van der Waals surface area contributed by atoms with Crippen molar-refractivity contribution in [2.45, 2.75) is 24.8 Å². The molecule has 0 aromatic carbocycles. The van der Waals surface area contributed by atoms with Crippen LogP contribution in [-0.4, -0.2) is 16.9 Å². The normalized spacial score (nSPS) is 27.4. The Hall–Kier alpha value is -0.240. The molecule has 0 unspecified atom stereocenters. The number of alkyl halides is 1. The number of ether oxygens (including phenoxy) is 1. The lowest BCUT2D eigenvalue weighted by atomic mass is 10.1. The molecule has 3 heteroatoms. The minimum Gasteiger partial charge on any atom is -0.446 e. The van der Waals surface area contributed by atoms with Crippen LogP contribution in [0.15, 0.2) is 0 Å². The van der Waals surface area contributed by atoms with Gasteiger partial charge in [-0.25, -0.2) is 4.79 Å². The molecule has 0 aliphatic carbocycles. The van der Waals surface area contributed by atoms with Gasteiger partial charge in [-0.15, -0.1) is 11.6 Å². The number of carbonyl (C=O) groups is 1. The minimum absolute atomic E-state index is 0.190. The molecule has 8 heavy (non-hydrogen) atoms. The summed E-state index contributed by atoms with van der Waals surface area (Å²) in [5.41, 5.74) is 0. The zero-order valence-corrected chi connectivity index (χ0v) is 5.53. The summed E-state index contributed by atoms with van der Waals surface area (Å²) in [4.78, 5) is 9.71. The topological polar surface area (TPSA) is 29.6 Å². The summed E-state index contributed by atoms with van der Waals surface area (Å²) in [5, 5.41) is 0. The molecule has 0 amide bonds. The second-order valence-electron chi connectivity index (χ2n) is 2.38. The average Bonchev–Trinajstić information content (AvgIpc) is 2.13. The molecule has 1 saturated heterocycles. The van der Waals surface area contributed by atoms with Gasteiger partial charge in [0.25, 0.3) is 0 Å². The number of epoxide rings is 1. The van der Waals surface area contributed by atoms with Gasteiger partial charge in [0, 0.05) is 0 Å². The van der Waals surface area contributed by atoms with Crippen molar-refractivity contribution in [1.29, 1.82) is 0 Å². The number of cyclic esters (lactones) is 1. The highest BCUT2D eigenvalue weighted by molar-refractivity contribution is 6.26. The fourth-order valence-corrected chi connectivity index (χ4v) is 0.636. The highest BCUT2D eigenvalue weighted by Crippen LogP contribution is 2.30. The summed E-state index contributed by atoms with van der Waals surface area (Å²) >= 11 is 5.68. The van der Waals surface area contributed by atoms with Crippen LogP contribution in [0.25, 0.3) is 0 Å². The van der Waals surface area contributed by atoms with E-state index in [2.05, 4.69) is 4.74 Å². The average molecular weight is 135 g/mol. The lowest BCUT2D eigenvalue weighted by Crippen LogP contribution is -2.19. The summed E-state index contributed by atoms with van der Waals surface area (Å²) in [6, 6.07) is 0. The van der Waals surface area contributed by atoms with E-state index in [9.17, 15) is 4.79 Å². The van der Waals surface area contributed by atoms with Crippen LogP contribution in [0.2, 0.25) is 0 Å². The molecule has 0 saturated carbocycles. The Morgan fingerprint density at radius 2 is 2.12 bits per heavy atom. The van der Waals surface area contributed by atoms with E-state index in [1.807, 2.05) is 0 Å². The van der Waals surface area contributed by atoms with Crippen LogP contribution in [0.5, 0.6) is 0 Å². The van der Waals surface area contributed by atoms with Crippen LogP contribution in [0.1, 0.15) is 13.8 Å². The Labute approximate surface area is 52.8 Å². The SMILES string of the molecule is CC(C)(Cl)[C@H]1OC1=O. The van der Waals surface area contributed by atoms with Crippen LogP contribution in [0.3, 0.4) is 0 Å². The third kappa shape index (κ3) is 0.944. The predicted octanol–water partition coefficient (Wildman–Crippen LogP) is 0.929. The smallest absolute Gasteiger partial charge is 0.350 e. The second kappa shape index (κ2) is 1.38. The Bertz CT molecular complexity index is 125. The molecular formula is C5H7ClO2. The quantitative estimate of drug-likeness (QED) is 0.395. The Kier molecular flexibility index (Phi) is 1.01. The van der Waals surface area contributed by atoms with Gasteiger partial charge >= 0.3 is 5.97 Å². The standard InChI is InChI=1S/C5H7ClO2/c1-5(2,6)3-4(7)8-3/h3H,1-2H3/t3-/m0/s1. The van der Waals surface area contributed by atoms with Crippen LogP contribution in [0, 0.1) is 0 Å². The molecule has 2 nitrogen and oxygen atoms in total. The van der Waals surface area contributed by atoms with E-state index in [1.54, 1.807) is 13.8 Å². The zero-order valence-electron chi connectivity index (χ0n) is 4.77. The van der Waals surface area contributed by atoms with Gasteiger partial charge in [-0.05, 0) is 13.8 Å². The highest BCUT2D eigenvalue weighted by atomic mass is 35.5. The largest absolute Gasteiger partial charge is 0.446 e. The molecule has 0 radical (unpaired) electrons. The van der Waals surface area contributed by atoms with Gasteiger partial charge in [0.2, 0.25) is 6.10 Å². The summed E-state index contributed by atoms with van der Waals surface area (Å²) < 4.78 is 4.51. The van der Waals surface area contributed by atoms with Crippen molar-refractivity contribution in [2.24, 2.45) is 0 Å². The van der Waals surface area contributed by atoms with Gasteiger partial charge in [0.1, 0.15) is 0 Å². The highest BCUT2D eigenvalue weighted by Gasteiger charge is 2.49. The summed E-state index contributed by atoms with van der Waals surface area (Å²) in [5.74, 6) is -0.190. The Morgan fingerprint density at radius 3 is 2.12 bits per heavy atom. The first kappa shape index (κ1) is 5.89. The summed E-state index contributed by atoms with van der Waals surface area (Å²) in [7, 11) is 0. The van der Waals surface area contributed by atoms with E-state index in [0.29, 0.717) is 0 Å². The molecular weight excluding hydrogens is 128 g/mol. The molecule has 0 bridgehead atoms. The molecule has 1 heterocycles. The second-order valence-corrected chi connectivity index (χ2v) is 3.36. The molecule has 1 aliphatic rings. The number of halogens is 1. The molecule has 0 aromatic rings. The third-order valence-corrected chi connectivity index (χ3v) is 1.21. The van der Waals surface area contributed by atoms with Crippen molar-refractivity contribution in [3.63, 3.8) is 0 Å². The van der Waals surface area contributed by atoms with Crippen molar-refractivity contribution in [2.75, 3.05) is 0 Å². The first-order valence-electron chi connectivity index (χ1n) is 2.41. The van der Waals surface area contributed by atoms with Crippen LogP contribution in [0.4, 0.5) is 0 Å². The van der Waals surface area contributed by atoms with Gasteiger partial charge in [0.15, 0.2) is 0 Å². The number of rotatable bonds is 1. The van der Waals surface area contributed by atoms with Crippen LogP contribution < -0.4 is 0 Å². The molecule has 0 spiro atoms. The lowest BCUT2D eigenvalue weighted by molar-refractivity contribution is -0.117.